The molecule has 0 bridgehead atoms. The van der Waals surface area contributed by atoms with Crippen LogP contribution in [0.4, 0.5) is 5.69 Å². The highest BCUT2D eigenvalue weighted by atomic mass is 32.2. The second kappa shape index (κ2) is 4.71. The van der Waals surface area contributed by atoms with Gasteiger partial charge in [0.05, 0.1) is 0 Å². The highest BCUT2D eigenvalue weighted by molar-refractivity contribution is 7.99. The molecule has 3 heteroatoms. The van der Waals surface area contributed by atoms with Crippen LogP contribution in [-0.4, -0.2) is 18.8 Å². The summed E-state index contributed by atoms with van der Waals surface area (Å²) in [6, 6.07) is 6.70. The zero-order valence-electron chi connectivity index (χ0n) is 8.25. The van der Waals surface area contributed by atoms with Gasteiger partial charge < -0.3 is 11.1 Å². The number of aryl methyl sites for hydroxylation is 1. The maximum absolute atomic E-state index is 5.49. The van der Waals surface area contributed by atoms with Crippen molar-refractivity contribution in [1.82, 2.24) is 0 Å². The van der Waals surface area contributed by atoms with Crippen LogP contribution >= 0.6 is 11.8 Å². The van der Waals surface area contributed by atoms with E-state index in [0.717, 1.165) is 25.9 Å². The number of anilines is 1. The topological polar surface area (TPSA) is 38.0 Å². The normalized spacial score (nSPS) is 14.6. The van der Waals surface area contributed by atoms with E-state index in [-0.39, 0.29) is 0 Å². The van der Waals surface area contributed by atoms with Gasteiger partial charge in [0, 0.05) is 22.9 Å². The van der Waals surface area contributed by atoms with Gasteiger partial charge in [-0.1, -0.05) is 6.07 Å². The van der Waals surface area contributed by atoms with Gasteiger partial charge in [0.1, 0.15) is 0 Å². The molecule has 0 aromatic heterocycles. The van der Waals surface area contributed by atoms with Crippen molar-refractivity contribution in [3.05, 3.63) is 23.8 Å². The smallest absolute Gasteiger partial charge is 0.0481 e. The fourth-order valence-corrected chi connectivity index (χ4v) is 2.52. The third kappa shape index (κ3) is 2.22. The molecule has 0 aliphatic carbocycles. The molecule has 0 spiro atoms. The molecule has 0 saturated heterocycles. The molecule has 1 aromatic carbocycles. The first-order chi connectivity index (χ1) is 6.90. The number of hydrogen-bond donors (Lipinski definition) is 2. The van der Waals surface area contributed by atoms with Crippen LogP contribution in [0.3, 0.4) is 0 Å². The zero-order chi connectivity index (χ0) is 9.80. The number of nitrogens with one attached hydrogen (secondary N) is 1. The summed E-state index contributed by atoms with van der Waals surface area (Å²) >= 11 is 1.93. The second-order valence-corrected chi connectivity index (χ2v) is 4.63. The molecular formula is C11H16N2S. The van der Waals surface area contributed by atoms with Crippen molar-refractivity contribution in [3.63, 3.8) is 0 Å². The second-order valence-electron chi connectivity index (χ2n) is 3.50. The van der Waals surface area contributed by atoms with E-state index in [9.17, 15) is 0 Å². The van der Waals surface area contributed by atoms with Crippen molar-refractivity contribution < 1.29 is 0 Å². The Hall–Kier alpha value is -0.670. The largest absolute Gasteiger partial charge is 0.383 e. The molecule has 0 saturated carbocycles. The maximum atomic E-state index is 5.49. The van der Waals surface area contributed by atoms with E-state index in [1.165, 1.54) is 21.9 Å². The van der Waals surface area contributed by atoms with Crippen LogP contribution in [-0.2, 0) is 6.42 Å². The molecule has 1 aliphatic rings. The monoisotopic (exact) mass is 208 g/mol. The Morgan fingerprint density at radius 1 is 1.43 bits per heavy atom. The van der Waals surface area contributed by atoms with Gasteiger partial charge >= 0.3 is 0 Å². The summed E-state index contributed by atoms with van der Waals surface area (Å²) in [5.74, 6) is 1.18. The van der Waals surface area contributed by atoms with Gasteiger partial charge in [-0.3, -0.25) is 0 Å². The summed E-state index contributed by atoms with van der Waals surface area (Å²) in [7, 11) is 0. The van der Waals surface area contributed by atoms with Crippen LogP contribution in [0.15, 0.2) is 23.1 Å². The minimum absolute atomic E-state index is 0.777. The Kier molecular flexibility index (Phi) is 3.32. The predicted molar refractivity (Wildman–Crippen MR) is 63.0 cm³/mol. The van der Waals surface area contributed by atoms with Crippen molar-refractivity contribution in [2.75, 3.05) is 24.2 Å². The molecule has 1 aliphatic heterocycles. The number of fused-ring (bicyclic) bond motifs is 1. The van der Waals surface area contributed by atoms with Gasteiger partial charge in [-0.05, 0) is 37.1 Å². The Labute approximate surface area is 89.3 Å². The highest BCUT2D eigenvalue weighted by Crippen LogP contribution is 2.31. The van der Waals surface area contributed by atoms with E-state index in [0.29, 0.717) is 0 Å². The van der Waals surface area contributed by atoms with E-state index >= 15 is 0 Å². The van der Waals surface area contributed by atoms with Crippen LogP contribution < -0.4 is 11.1 Å². The molecule has 14 heavy (non-hydrogen) atoms. The van der Waals surface area contributed by atoms with Gasteiger partial charge in [0.2, 0.25) is 0 Å². The van der Waals surface area contributed by atoms with E-state index in [2.05, 4.69) is 23.5 Å². The molecule has 0 radical (unpaired) electrons. The summed E-state index contributed by atoms with van der Waals surface area (Å²) in [6.45, 7) is 1.86. The van der Waals surface area contributed by atoms with E-state index < -0.39 is 0 Å². The Morgan fingerprint density at radius 2 is 2.36 bits per heavy atom. The average molecular weight is 208 g/mol. The molecular weight excluding hydrogens is 192 g/mol. The van der Waals surface area contributed by atoms with Crippen molar-refractivity contribution >= 4 is 17.4 Å². The molecule has 2 nitrogen and oxygen atoms in total. The van der Waals surface area contributed by atoms with Crippen molar-refractivity contribution in [2.24, 2.45) is 5.73 Å². The molecule has 3 N–H and O–H groups in total. The minimum atomic E-state index is 0.777. The number of thioether (sulfide) groups is 1. The zero-order valence-corrected chi connectivity index (χ0v) is 9.07. The lowest BCUT2D eigenvalue weighted by Crippen LogP contribution is -2.10. The molecule has 0 atom stereocenters. The number of hydrogen-bond acceptors (Lipinski definition) is 3. The van der Waals surface area contributed by atoms with Crippen LogP contribution in [0, 0.1) is 0 Å². The van der Waals surface area contributed by atoms with Crippen LogP contribution in [0.1, 0.15) is 12.0 Å². The fourth-order valence-electron chi connectivity index (χ4n) is 1.65. The lowest BCUT2D eigenvalue weighted by atomic mass is 10.1. The van der Waals surface area contributed by atoms with Crippen molar-refractivity contribution in [2.45, 2.75) is 17.7 Å². The molecule has 1 aromatic rings. The van der Waals surface area contributed by atoms with Crippen molar-refractivity contribution in [3.8, 4) is 0 Å². The molecule has 76 valence electrons. The van der Waals surface area contributed by atoms with Gasteiger partial charge in [0.15, 0.2) is 0 Å². The molecule has 0 fully saturated rings. The molecule has 0 unspecified atom stereocenters. The standard InChI is InChI=1S/C11H16N2S/c12-5-1-2-9-3-4-11-10(8-9)13-6-7-14-11/h3-4,8,13H,1-2,5-7,12H2. The first kappa shape index (κ1) is 9.87. The van der Waals surface area contributed by atoms with E-state index in [1.807, 2.05) is 11.8 Å². The highest BCUT2D eigenvalue weighted by Gasteiger charge is 2.08. The summed E-state index contributed by atoms with van der Waals surface area (Å²) in [4.78, 5) is 1.38. The lowest BCUT2D eigenvalue weighted by Gasteiger charge is -2.18. The third-order valence-electron chi connectivity index (χ3n) is 2.39. The minimum Gasteiger partial charge on any atom is -0.383 e. The first-order valence-corrected chi connectivity index (χ1v) is 6.08. The molecule has 2 rings (SSSR count). The summed E-state index contributed by atoms with van der Waals surface area (Å²) in [5, 5.41) is 3.43. The Balaban J connectivity index is 2.12. The van der Waals surface area contributed by atoms with E-state index in [4.69, 9.17) is 5.73 Å². The molecule has 1 heterocycles. The van der Waals surface area contributed by atoms with Gasteiger partial charge in [-0.15, -0.1) is 11.8 Å². The summed E-state index contributed by atoms with van der Waals surface area (Å²) in [6.07, 6.45) is 2.17. The lowest BCUT2D eigenvalue weighted by molar-refractivity contribution is 0.832. The SMILES string of the molecule is NCCCc1ccc2c(c1)NCCS2. The van der Waals surface area contributed by atoms with Gasteiger partial charge in [-0.2, -0.15) is 0 Å². The summed E-state index contributed by atoms with van der Waals surface area (Å²) < 4.78 is 0. The first-order valence-electron chi connectivity index (χ1n) is 5.10. The van der Waals surface area contributed by atoms with Gasteiger partial charge in [-0.25, -0.2) is 0 Å². The fraction of sp³-hybridized carbons (Fsp3) is 0.455. The Morgan fingerprint density at radius 3 is 3.21 bits per heavy atom. The van der Waals surface area contributed by atoms with Gasteiger partial charge in [0.25, 0.3) is 0 Å². The van der Waals surface area contributed by atoms with Crippen LogP contribution in [0.25, 0.3) is 0 Å². The molecule has 0 amide bonds. The van der Waals surface area contributed by atoms with E-state index in [1.54, 1.807) is 0 Å². The van der Waals surface area contributed by atoms with Crippen LogP contribution in [0.5, 0.6) is 0 Å². The number of rotatable bonds is 3. The van der Waals surface area contributed by atoms with Crippen molar-refractivity contribution in [1.29, 1.82) is 0 Å². The predicted octanol–water partition coefficient (Wildman–Crippen LogP) is 2.10. The number of benzene rings is 1. The Bertz CT molecular complexity index is 312. The average Bonchev–Trinajstić information content (AvgIpc) is 2.26. The third-order valence-corrected chi connectivity index (χ3v) is 3.46. The maximum Gasteiger partial charge on any atom is 0.0481 e. The quantitative estimate of drug-likeness (QED) is 0.799. The number of nitrogens with two attached hydrogens (primary N) is 1. The summed E-state index contributed by atoms with van der Waals surface area (Å²) in [5.41, 5.74) is 8.19. The van der Waals surface area contributed by atoms with Crippen LogP contribution in [0.2, 0.25) is 0 Å².